The SMILES string of the molecule is CCn1c(=O)nc(NC)n(N)c1=O. The summed E-state index contributed by atoms with van der Waals surface area (Å²) in [5, 5.41) is 2.54. The maximum Gasteiger partial charge on any atom is 0.355 e. The Morgan fingerprint density at radius 3 is 2.62 bits per heavy atom. The molecule has 0 unspecified atom stereocenters. The molecule has 7 nitrogen and oxygen atoms in total. The molecule has 0 fully saturated rings. The fraction of sp³-hybridized carbons (Fsp3) is 0.500. The van der Waals surface area contributed by atoms with Crippen LogP contribution in [0.5, 0.6) is 0 Å². The Morgan fingerprint density at radius 2 is 2.15 bits per heavy atom. The van der Waals surface area contributed by atoms with E-state index in [9.17, 15) is 9.59 Å². The highest BCUT2D eigenvalue weighted by Gasteiger charge is 2.07. The Hall–Kier alpha value is -1.79. The van der Waals surface area contributed by atoms with E-state index in [1.165, 1.54) is 7.05 Å². The van der Waals surface area contributed by atoms with Crippen LogP contribution in [0.3, 0.4) is 0 Å². The third-order valence-electron chi connectivity index (χ3n) is 1.64. The first-order chi connectivity index (χ1) is 6.11. The minimum atomic E-state index is -0.599. The monoisotopic (exact) mass is 185 g/mol. The summed E-state index contributed by atoms with van der Waals surface area (Å²) in [5.74, 6) is 5.41. The average molecular weight is 185 g/mol. The minimum absolute atomic E-state index is 0.0553. The summed E-state index contributed by atoms with van der Waals surface area (Å²) in [4.78, 5) is 26.0. The predicted molar refractivity (Wildman–Crippen MR) is 48.1 cm³/mol. The van der Waals surface area contributed by atoms with E-state index >= 15 is 0 Å². The largest absolute Gasteiger partial charge is 0.357 e. The van der Waals surface area contributed by atoms with Gasteiger partial charge in [0.1, 0.15) is 0 Å². The van der Waals surface area contributed by atoms with Gasteiger partial charge < -0.3 is 11.2 Å². The van der Waals surface area contributed by atoms with Gasteiger partial charge >= 0.3 is 11.4 Å². The van der Waals surface area contributed by atoms with Crippen molar-refractivity contribution in [2.75, 3.05) is 18.2 Å². The van der Waals surface area contributed by atoms with Gasteiger partial charge in [-0.1, -0.05) is 0 Å². The molecular weight excluding hydrogens is 174 g/mol. The molecular formula is C6H11N5O2. The molecule has 72 valence electrons. The quantitative estimate of drug-likeness (QED) is 0.529. The Balaban J connectivity index is 3.56. The molecule has 0 bridgehead atoms. The Bertz CT molecular complexity index is 418. The second-order valence-corrected chi connectivity index (χ2v) is 2.36. The van der Waals surface area contributed by atoms with Gasteiger partial charge in [-0.15, -0.1) is 0 Å². The molecule has 1 aromatic rings. The second kappa shape index (κ2) is 3.30. The summed E-state index contributed by atoms with van der Waals surface area (Å²) in [7, 11) is 1.53. The van der Waals surface area contributed by atoms with Crippen LogP contribution in [0.15, 0.2) is 9.59 Å². The molecule has 1 rings (SSSR count). The number of aromatic nitrogens is 3. The number of nitrogens with one attached hydrogen (secondary N) is 1. The molecule has 0 atom stereocenters. The Labute approximate surface area is 73.8 Å². The predicted octanol–water partition coefficient (Wildman–Crippen LogP) is -1.82. The summed E-state index contributed by atoms with van der Waals surface area (Å²) in [6.07, 6.45) is 0. The summed E-state index contributed by atoms with van der Waals surface area (Å²) < 4.78 is 1.74. The Morgan fingerprint density at radius 1 is 1.54 bits per heavy atom. The van der Waals surface area contributed by atoms with Crippen LogP contribution in [0.2, 0.25) is 0 Å². The van der Waals surface area contributed by atoms with Gasteiger partial charge in [0.15, 0.2) is 0 Å². The zero-order valence-corrected chi connectivity index (χ0v) is 7.44. The molecule has 1 heterocycles. The van der Waals surface area contributed by atoms with Crippen molar-refractivity contribution in [1.29, 1.82) is 0 Å². The lowest BCUT2D eigenvalue weighted by Crippen LogP contribution is -2.45. The highest BCUT2D eigenvalue weighted by atomic mass is 16.2. The van der Waals surface area contributed by atoms with Crippen molar-refractivity contribution < 1.29 is 0 Å². The van der Waals surface area contributed by atoms with Gasteiger partial charge in [0.25, 0.3) is 0 Å². The van der Waals surface area contributed by atoms with Crippen LogP contribution >= 0.6 is 0 Å². The average Bonchev–Trinajstić information content (AvgIpc) is 2.12. The minimum Gasteiger partial charge on any atom is -0.357 e. The zero-order chi connectivity index (χ0) is 10.0. The van der Waals surface area contributed by atoms with Crippen LogP contribution in [0.25, 0.3) is 0 Å². The molecule has 0 aliphatic carbocycles. The molecule has 0 aliphatic rings. The van der Waals surface area contributed by atoms with Crippen LogP contribution in [0.1, 0.15) is 6.92 Å². The van der Waals surface area contributed by atoms with E-state index < -0.39 is 11.4 Å². The van der Waals surface area contributed by atoms with E-state index in [2.05, 4.69) is 10.3 Å². The molecule has 0 radical (unpaired) electrons. The first-order valence-corrected chi connectivity index (χ1v) is 3.78. The molecule has 0 spiro atoms. The molecule has 0 aromatic carbocycles. The maximum absolute atomic E-state index is 11.3. The molecule has 0 aliphatic heterocycles. The number of hydrogen-bond acceptors (Lipinski definition) is 5. The maximum atomic E-state index is 11.3. The van der Waals surface area contributed by atoms with Gasteiger partial charge in [0.05, 0.1) is 0 Å². The van der Waals surface area contributed by atoms with Gasteiger partial charge in [0, 0.05) is 13.6 Å². The summed E-state index contributed by atoms with van der Waals surface area (Å²) in [6, 6.07) is 0. The number of anilines is 1. The van der Waals surface area contributed by atoms with E-state index in [4.69, 9.17) is 5.84 Å². The first-order valence-electron chi connectivity index (χ1n) is 3.78. The van der Waals surface area contributed by atoms with Crippen molar-refractivity contribution in [3.05, 3.63) is 21.0 Å². The molecule has 1 aromatic heterocycles. The molecule has 13 heavy (non-hydrogen) atoms. The van der Waals surface area contributed by atoms with Crippen molar-refractivity contribution in [1.82, 2.24) is 14.2 Å². The van der Waals surface area contributed by atoms with Crippen molar-refractivity contribution in [2.24, 2.45) is 0 Å². The van der Waals surface area contributed by atoms with Crippen LogP contribution < -0.4 is 22.5 Å². The lowest BCUT2D eigenvalue weighted by molar-refractivity contribution is 0.609. The number of rotatable bonds is 2. The van der Waals surface area contributed by atoms with Gasteiger partial charge in [-0.2, -0.15) is 9.66 Å². The summed E-state index contributed by atoms with van der Waals surface area (Å²) in [5.41, 5.74) is -1.18. The molecule has 0 saturated heterocycles. The number of nitrogen functional groups attached to an aromatic ring is 1. The van der Waals surface area contributed by atoms with Crippen molar-refractivity contribution in [2.45, 2.75) is 13.5 Å². The van der Waals surface area contributed by atoms with E-state index in [0.717, 1.165) is 9.24 Å². The summed E-state index contributed by atoms with van der Waals surface area (Å²) >= 11 is 0. The van der Waals surface area contributed by atoms with E-state index in [-0.39, 0.29) is 12.5 Å². The topological polar surface area (TPSA) is 94.9 Å². The van der Waals surface area contributed by atoms with Gasteiger partial charge in [-0.05, 0) is 6.92 Å². The second-order valence-electron chi connectivity index (χ2n) is 2.36. The Kier molecular flexibility index (Phi) is 2.36. The number of hydrogen-bond donors (Lipinski definition) is 2. The van der Waals surface area contributed by atoms with Gasteiger partial charge in [-0.25, -0.2) is 14.2 Å². The van der Waals surface area contributed by atoms with E-state index in [1.807, 2.05) is 0 Å². The van der Waals surface area contributed by atoms with Crippen LogP contribution in [-0.2, 0) is 6.54 Å². The smallest absolute Gasteiger partial charge is 0.355 e. The van der Waals surface area contributed by atoms with E-state index in [1.54, 1.807) is 6.92 Å². The van der Waals surface area contributed by atoms with Crippen LogP contribution in [-0.4, -0.2) is 21.3 Å². The van der Waals surface area contributed by atoms with Crippen molar-refractivity contribution >= 4 is 5.95 Å². The van der Waals surface area contributed by atoms with E-state index in [0.29, 0.717) is 0 Å². The number of nitrogens with two attached hydrogens (primary N) is 1. The highest BCUT2D eigenvalue weighted by molar-refractivity contribution is 5.21. The number of nitrogens with zero attached hydrogens (tertiary/aromatic N) is 3. The van der Waals surface area contributed by atoms with Gasteiger partial charge in [-0.3, -0.25) is 0 Å². The van der Waals surface area contributed by atoms with Gasteiger partial charge in [0.2, 0.25) is 5.95 Å². The molecule has 0 saturated carbocycles. The van der Waals surface area contributed by atoms with Crippen molar-refractivity contribution in [3.8, 4) is 0 Å². The third kappa shape index (κ3) is 1.40. The molecule has 0 amide bonds. The summed E-state index contributed by atoms with van der Waals surface area (Å²) in [6.45, 7) is 1.93. The zero-order valence-electron chi connectivity index (χ0n) is 7.44. The lowest BCUT2D eigenvalue weighted by Gasteiger charge is -2.07. The first kappa shape index (κ1) is 9.30. The third-order valence-corrected chi connectivity index (χ3v) is 1.64. The standard InChI is InChI=1S/C6H11N5O2/c1-3-10-5(12)9-4(8-2)11(7)6(10)13/h3,7H2,1-2H3,(H,8,9,12). The lowest BCUT2D eigenvalue weighted by atomic mass is 10.7. The fourth-order valence-electron chi connectivity index (χ4n) is 0.954. The normalized spacial score (nSPS) is 10.0. The fourth-order valence-corrected chi connectivity index (χ4v) is 0.954. The highest BCUT2D eigenvalue weighted by Crippen LogP contribution is 1.87. The van der Waals surface area contributed by atoms with Crippen LogP contribution in [0, 0.1) is 0 Å². The molecule has 7 heteroatoms. The molecule has 3 N–H and O–H groups in total. The van der Waals surface area contributed by atoms with Crippen LogP contribution in [0.4, 0.5) is 5.95 Å². The van der Waals surface area contributed by atoms with Crippen molar-refractivity contribution in [3.63, 3.8) is 0 Å².